The zero-order chi connectivity index (χ0) is 19.9. The molecular formula is C20H31N3O3S2. The van der Waals surface area contributed by atoms with Gasteiger partial charge in [-0.15, -0.1) is 11.8 Å². The van der Waals surface area contributed by atoms with Crippen molar-refractivity contribution >= 4 is 40.2 Å². The van der Waals surface area contributed by atoms with Gasteiger partial charge in [0.1, 0.15) is 0 Å². The average molecular weight is 426 g/mol. The summed E-state index contributed by atoms with van der Waals surface area (Å²) in [5.74, 6) is -0.0415. The van der Waals surface area contributed by atoms with Gasteiger partial charge < -0.3 is 10.0 Å². The van der Waals surface area contributed by atoms with Gasteiger partial charge >= 0.3 is 12.0 Å². The maximum absolute atomic E-state index is 13.2. The van der Waals surface area contributed by atoms with E-state index in [0.29, 0.717) is 17.2 Å². The highest BCUT2D eigenvalue weighted by Gasteiger charge is 2.34. The summed E-state index contributed by atoms with van der Waals surface area (Å²) >= 11 is 2.58. The molecule has 2 aliphatic carbocycles. The van der Waals surface area contributed by atoms with Crippen LogP contribution in [0.15, 0.2) is 10.4 Å². The van der Waals surface area contributed by atoms with E-state index in [4.69, 9.17) is 5.11 Å². The van der Waals surface area contributed by atoms with Crippen LogP contribution in [0.3, 0.4) is 0 Å². The van der Waals surface area contributed by atoms with E-state index in [1.165, 1.54) is 61.6 Å². The van der Waals surface area contributed by atoms with Gasteiger partial charge in [0.05, 0.1) is 16.2 Å². The van der Waals surface area contributed by atoms with Crippen LogP contribution in [-0.2, 0) is 4.79 Å². The lowest BCUT2D eigenvalue weighted by Gasteiger charge is -2.42. The van der Waals surface area contributed by atoms with Crippen LogP contribution in [-0.4, -0.2) is 44.8 Å². The van der Waals surface area contributed by atoms with E-state index in [1.54, 1.807) is 6.20 Å². The first-order valence-electron chi connectivity index (χ1n) is 10.5. The van der Waals surface area contributed by atoms with Crippen molar-refractivity contribution in [1.29, 1.82) is 0 Å². The van der Waals surface area contributed by atoms with E-state index in [1.807, 2.05) is 0 Å². The van der Waals surface area contributed by atoms with Crippen LogP contribution < -0.4 is 5.32 Å². The number of nitrogens with one attached hydrogen (secondary N) is 1. The Bertz CT molecular complexity index is 653. The van der Waals surface area contributed by atoms with Crippen molar-refractivity contribution in [1.82, 2.24) is 9.88 Å². The quantitative estimate of drug-likeness (QED) is 0.567. The number of rotatable bonds is 7. The first-order chi connectivity index (χ1) is 13.6. The Hall–Kier alpha value is -1.28. The highest BCUT2D eigenvalue weighted by Crippen LogP contribution is 2.34. The topological polar surface area (TPSA) is 82.5 Å². The Labute approximate surface area is 175 Å². The molecule has 2 saturated carbocycles. The van der Waals surface area contributed by atoms with E-state index in [9.17, 15) is 9.59 Å². The van der Waals surface area contributed by atoms with E-state index < -0.39 is 5.97 Å². The number of carboxylic acid groups (broad SMARTS) is 1. The second-order valence-corrected chi connectivity index (χ2v) is 10.2. The summed E-state index contributed by atoms with van der Waals surface area (Å²) in [7, 11) is 0. The van der Waals surface area contributed by atoms with E-state index >= 15 is 0 Å². The molecular weight excluding hydrogens is 394 g/mol. The molecule has 2 amide bonds. The molecule has 1 heterocycles. The number of hydrogen-bond donors (Lipinski definition) is 2. The van der Waals surface area contributed by atoms with Crippen molar-refractivity contribution in [3.63, 3.8) is 0 Å². The number of nitrogens with zero attached hydrogens (tertiary/aromatic N) is 2. The third-order valence-electron chi connectivity index (χ3n) is 6.03. The third kappa shape index (κ3) is 5.86. The van der Waals surface area contributed by atoms with Gasteiger partial charge in [0, 0.05) is 12.1 Å². The molecule has 0 atom stereocenters. The number of amides is 2. The summed E-state index contributed by atoms with van der Waals surface area (Å²) in [6.45, 7) is 2.26. The molecule has 0 unspecified atom stereocenters. The highest BCUT2D eigenvalue weighted by atomic mass is 32.2. The molecule has 0 radical (unpaired) electrons. The summed E-state index contributed by atoms with van der Waals surface area (Å²) in [6.07, 6.45) is 13.4. The minimum Gasteiger partial charge on any atom is -0.481 e. The molecule has 28 heavy (non-hydrogen) atoms. The van der Waals surface area contributed by atoms with Crippen molar-refractivity contribution in [3.05, 3.63) is 6.20 Å². The van der Waals surface area contributed by atoms with E-state index in [2.05, 4.69) is 22.1 Å². The number of aromatic nitrogens is 1. The van der Waals surface area contributed by atoms with Gasteiger partial charge in [-0.2, -0.15) is 0 Å². The largest absolute Gasteiger partial charge is 0.481 e. The summed E-state index contributed by atoms with van der Waals surface area (Å²) in [4.78, 5) is 30.4. The van der Waals surface area contributed by atoms with Gasteiger partial charge in [-0.05, 0) is 44.4 Å². The van der Waals surface area contributed by atoms with E-state index in [0.717, 1.165) is 35.8 Å². The van der Waals surface area contributed by atoms with Crippen LogP contribution in [0.2, 0.25) is 0 Å². The minimum absolute atomic E-state index is 0.00441. The normalized spacial score (nSPS) is 23.3. The minimum atomic E-state index is -0.852. The second kappa shape index (κ2) is 10.5. The lowest BCUT2D eigenvalue weighted by molar-refractivity contribution is -0.133. The molecule has 1 aromatic rings. The number of carbonyl (C=O) groups excluding carboxylic acids is 1. The zero-order valence-corrected chi connectivity index (χ0v) is 18.2. The fourth-order valence-corrected chi connectivity index (χ4v) is 6.07. The lowest BCUT2D eigenvalue weighted by Crippen LogP contribution is -2.51. The third-order valence-corrected chi connectivity index (χ3v) is 8.12. The van der Waals surface area contributed by atoms with Gasteiger partial charge in [0.25, 0.3) is 0 Å². The van der Waals surface area contributed by atoms with Crippen LogP contribution in [0.1, 0.15) is 71.1 Å². The number of thioether (sulfide) groups is 1. The van der Waals surface area contributed by atoms with Crippen molar-refractivity contribution in [3.8, 4) is 0 Å². The number of aliphatic carboxylic acids is 1. The molecule has 0 saturated heterocycles. The van der Waals surface area contributed by atoms with Crippen molar-refractivity contribution in [2.75, 3.05) is 11.1 Å². The predicted molar refractivity (Wildman–Crippen MR) is 114 cm³/mol. The zero-order valence-electron chi connectivity index (χ0n) is 16.6. The number of carbonyl (C=O) groups is 2. The van der Waals surface area contributed by atoms with Crippen molar-refractivity contribution < 1.29 is 14.7 Å². The Balaban J connectivity index is 1.65. The van der Waals surface area contributed by atoms with Gasteiger partial charge in [-0.3, -0.25) is 10.1 Å². The van der Waals surface area contributed by atoms with Gasteiger partial charge in [-0.1, -0.05) is 43.9 Å². The standard InChI is InChI=1S/C20H31N3O3S2/c1-2-14-8-10-16(11-9-14)23(15-6-4-3-5-7-15)20(26)22-19-21-12-18(28-19)27-13-17(24)25/h12,14-16H,2-11,13H2,1H3,(H,24,25)(H,21,22,26)/t14-,16-. The molecule has 3 rings (SSSR count). The molecule has 2 fully saturated rings. The molecule has 0 aromatic carbocycles. The van der Waals surface area contributed by atoms with Crippen LogP contribution >= 0.6 is 23.1 Å². The fraction of sp³-hybridized carbons (Fsp3) is 0.750. The highest BCUT2D eigenvalue weighted by molar-refractivity contribution is 8.01. The number of thiazole rings is 1. The summed E-state index contributed by atoms with van der Waals surface area (Å²) < 4.78 is 0.811. The average Bonchev–Trinajstić information content (AvgIpc) is 3.15. The van der Waals surface area contributed by atoms with Crippen LogP contribution in [0.5, 0.6) is 0 Å². The van der Waals surface area contributed by atoms with Crippen molar-refractivity contribution in [2.45, 2.75) is 87.4 Å². The molecule has 6 nitrogen and oxygen atoms in total. The first kappa shape index (κ1) is 21.4. The SMILES string of the molecule is CC[C@H]1CC[C@H](N(C(=O)Nc2ncc(SCC(=O)O)s2)C2CCCCC2)CC1. The fourth-order valence-electron chi connectivity index (χ4n) is 4.49. The van der Waals surface area contributed by atoms with Gasteiger partial charge in [0.15, 0.2) is 5.13 Å². The van der Waals surface area contributed by atoms with Crippen molar-refractivity contribution in [2.24, 2.45) is 5.92 Å². The molecule has 1 aromatic heterocycles. The smallest absolute Gasteiger partial charge is 0.324 e. The number of hydrogen-bond acceptors (Lipinski definition) is 5. The number of carboxylic acids is 1. The molecule has 2 N–H and O–H groups in total. The Morgan fingerprint density at radius 3 is 2.50 bits per heavy atom. The maximum atomic E-state index is 13.2. The molecule has 0 spiro atoms. The number of urea groups is 1. The summed E-state index contributed by atoms with van der Waals surface area (Å²) in [5.41, 5.74) is 0. The van der Waals surface area contributed by atoms with Gasteiger partial charge in [-0.25, -0.2) is 9.78 Å². The Morgan fingerprint density at radius 2 is 1.86 bits per heavy atom. The predicted octanol–water partition coefficient (Wildman–Crippen LogP) is 5.46. The molecule has 156 valence electrons. The molecule has 0 aliphatic heterocycles. The lowest BCUT2D eigenvalue weighted by atomic mass is 9.82. The first-order valence-corrected chi connectivity index (χ1v) is 12.3. The molecule has 2 aliphatic rings. The van der Waals surface area contributed by atoms with Crippen LogP contribution in [0.4, 0.5) is 9.93 Å². The monoisotopic (exact) mass is 425 g/mol. The Kier molecular flexibility index (Phi) is 8.02. The van der Waals surface area contributed by atoms with Crippen LogP contribution in [0, 0.1) is 5.92 Å². The maximum Gasteiger partial charge on any atom is 0.324 e. The molecule has 0 bridgehead atoms. The second-order valence-electron chi connectivity index (χ2n) is 7.88. The molecule has 8 heteroatoms. The number of anilines is 1. The summed E-state index contributed by atoms with van der Waals surface area (Å²) in [6, 6.07) is 0.625. The Morgan fingerprint density at radius 1 is 1.18 bits per heavy atom. The van der Waals surface area contributed by atoms with E-state index in [-0.39, 0.29) is 11.8 Å². The van der Waals surface area contributed by atoms with Crippen LogP contribution in [0.25, 0.3) is 0 Å². The van der Waals surface area contributed by atoms with Gasteiger partial charge in [0.2, 0.25) is 0 Å². The summed E-state index contributed by atoms with van der Waals surface area (Å²) in [5, 5.41) is 12.4.